The number of carbonyl (C=O) groups is 3. The number of hydrogen-bond donors (Lipinski definition) is 0. The van der Waals surface area contributed by atoms with Crippen molar-refractivity contribution in [2.75, 3.05) is 0 Å². The molecule has 0 aromatic carbocycles. The van der Waals surface area contributed by atoms with E-state index >= 15 is 0 Å². The molecule has 9 unspecified atom stereocenters. The Kier molecular flexibility index (Phi) is 6.88. The highest BCUT2D eigenvalue weighted by atomic mass is 16.5. The topological polar surface area (TPSA) is 60.4 Å². The van der Waals surface area contributed by atoms with Crippen LogP contribution < -0.4 is 0 Å². The first-order chi connectivity index (χ1) is 17.7. The zero-order valence-electron chi connectivity index (χ0n) is 25.3. The third-order valence-electron chi connectivity index (χ3n) is 12.7. The van der Waals surface area contributed by atoms with Crippen molar-refractivity contribution >= 4 is 18.0 Å². The SMILES string of the molecule is CC(C)C1=C2C3CCC4C(C)(CCC5C(C)C(OC(=O)CC(C)(C)C=O)CCC54C)C3CCC2(C)CC1=O. The van der Waals surface area contributed by atoms with Gasteiger partial charge in [-0.25, -0.2) is 0 Å². The van der Waals surface area contributed by atoms with Gasteiger partial charge in [0.25, 0.3) is 0 Å². The molecule has 212 valence electrons. The van der Waals surface area contributed by atoms with Gasteiger partial charge in [0, 0.05) is 11.8 Å². The molecule has 4 saturated carbocycles. The zero-order chi connectivity index (χ0) is 27.8. The fourth-order valence-electron chi connectivity index (χ4n) is 11.0. The average molecular weight is 525 g/mol. The lowest BCUT2D eigenvalue weighted by atomic mass is 9.38. The fourth-order valence-corrected chi connectivity index (χ4v) is 11.0. The normalized spacial score (nSPS) is 44.7. The molecule has 0 spiro atoms. The fraction of sp³-hybridized carbons (Fsp3) is 0.853. The summed E-state index contributed by atoms with van der Waals surface area (Å²) in [4.78, 5) is 37.2. The summed E-state index contributed by atoms with van der Waals surface area (Å²) >= 11 is 0. The molecule has 0 amide bonds. The number of ether oxygens (including phenoxy) is 1. The maximum absolute atomic E-state index is 13.2. The smallest absolute Gasteiger partial charge is 0.307 e. The molecule has 4 nitrogen and oxygen atoms in total. The molecule has 5 rings (SSSR count). The largest absolute Gasteiger partial charge is 0.462 e. The Labute approximate surface area is 231 Å². The van der Waals surface area contributed by atoms with Crippen molar-refractivity contribution in [3.8, 4) is 0 Å². The van der Waals surface area contributed by atoms with Crippen LogP contribution in [0.3, 0.4) is 0 Å². The first-order valence-electron chi connectivity index (χ1n) is 15.6. The highest BCUT2D eigenvalue weighted by Gasteiger charge is 2.64. The second-order valence-electron chi connectivity index (χ2n) is 15.9. The van der Waals surface area contributed by atoms with Crippen LogP contribution in [0.1, 0.15) is 120 Å². The Hall–Kier alpha value is -1.45. The average Bonchev–Trinajstić information content (AvgIpc) is 3.10. The van der Waals surface area contributed by atoms with Crippen LogP contribution in [0.5, 0.6) is 0 Å². The van der Waals surface area contributed by atoms with E-state index in [1.54, 1.807) is 19.4 Å². The summed E-state index contributed by atoms with van der Waals surface area (Å²) < 4.78 is 6.05. The Balaban J connectivity index is 1.38. The van der Waals surface area contributed by atoms with E-state index < -0.39 is 5.41 Å². The summed E-state index contributed by atoms with van der Waals surface area (Å²) in [6, 6.07) is 0. The Morgan fingerprint density at radius 1 is 1.00 bits per heavy atom. The Morgan fingerprint density at radius 3 is 2.29 bits per heavy atom. The van der Waals surface area contributed by atoms with Gasteiger partial charge < -0.3 is 9.53 Å². The van der Waals surface area contributed by atoms with Crippen molar-refractivity contribution in [1.82, 2.24) is 0 Å². The molecule has 0 saturated heterocycles. The van der Waals surface area contributed by atoms with Crippen molar-refractivity contribution in [2.24, 2.45) is 57.2 Å². The number of carbonyl (C=O) groups excluding carboxylic acids is 3. The highest BCUT2D eigenvalue weighted by Crippen LogP contribution is 2.71. The minimum Gasteiger partial charge on any atom is -0.462 e. The van der Waals surface area contributed by atoms with Crippen molar-refractivity contribution in [3.05, 3.63) is 11.1 Å². The number of allylic oxidation sites excluding steroid dienone is 2. The van der Waals surface area contributed by atoms with Crippen LogP contribution in [0.25, 0.3) is 0 Å². The van der Waals surface area contributed by atoms with Gasteiger partial charge >= 0.3 is 5.97 Å². The molecule has 0 aromatic heterocycles. The number of hydrogen-bond acceptors (Lipinski definition) is 4. The zero-order valence-corrected chi connectivity index (χ0v) is 25.3. The van der Waals surface area contributed by atoms with Crippen LogP contribution in [0, 0.1) is 57.2 Å². The lowest BCUT2D eigenvalue weighted by molar-refractivity contribution is -0.191. The predicted octanol–water partition coefficient (Wildman–Crippen LogP) is 7.73. The molecule has 9 atom stereocenters. The summed E-state index contributed by atoms with van der Waals surface area (Å²) in [5.41, 5.74) is 2.77. The standard InChI is InChI=1S/C34H52O4/c1-20(2)29-25(36)17-32(6)14-11-24-22(30(29)32)9-10-27-33(7)16-13-26(38-28(37)18-31(4,5)19-35)21(3)23(33)12-15-34(24,27)8/h19-24,26-27H,9-18H2,1-8H3. The van der Waals surface area contributed by atoms with E-state index in [0.717, 1.165) is 25.5 Å². The van der Waals surface area contributed by atoms with Crippen LogP contribution >= 0.6 is 0 Å². The number of aldehydes is 1. The van der Waals surface area contributed by atoms with E-state index in [1.165, 1.54) is 44.1 Å². The van der Waals surface area contributed by atoms with Crippen LogP contribution in [-0.4, -0.2) is 24.1 Å². The van der Waals surface area contributed by atoms with Crippen LogP contribution in [0.4, 0.5) is 0 Å². The summed E-state index contributed by atoms with van der Waals surface area (Å²) in [7, 11) is 0. The van der Waals surface area contributed by atoms with Crippen molar-refractivity contribution in [3.63, 3.8) is 0 Å². The lowest BCUT2D eigenvalue weighted by Gasteiger charge is -2.67. The summed E-state index contributed by atoms with van der Waals surface area (Å²) in [5, 5.41) is 0. The number of fused-ring (bicyclic) bond motifs is 7. The predicted molar refractivity (Wildman–Crippen MR) is 150 cm³/mol. The second-order valence-corrected chi connectivity index (χ2v) is 15.9. The summed E-state index contributed by atoms with van der Waals surface area (Å²) in [6.45, 7) is 17.9. The molecule has 0 aromatic rings. The molecule has 0 N–H and O–H groups in total. The number of rotatable bonds is 5. The van der Waals surface area contributed by atoms with Crippen LogP contribution in [0.15, 0.2) is 11.1 Å². The van der Waals surface area contributed by atoms with Crippen molar-refractivity contribution in [1.29, 1.82) is 0 Å². The molecule has 5 aliphatic carbocycles. The summed E-state index contributed by atoms with van der Waals surface area (Å²) in [5.74, 6) is 3.38. The summed E-state index contributed by atoms with van der Waals surface area (Å²) in [6.07, 6.45) is 11.1. The molecule has 0 radical (unpaired) electrons. The molecule has 4 heteroatoms. The number of esters is 1. The van der Waals surface area contributed by atoms with E-state index in [2.05, 4.69) is 41.5 Å². The molecule has 0 heterocycles. The number of ketones is 1. The Morgan fingerprint density at radius 2 is 1.63 bits per heavy atom. The van der Waals surface area contributed by atoms with Crippen molar-refractivity contribution < 1.29 is 19.1 Å². The monoisotopic (exact) mass is 524 g/mol. The molecule has 0 bridgehead atoms. The lowest BCUT2D eigenvalue weighted by Crippen LogP contribution is -2.60. The van der Waals surface area contributed by atoms with Gasteiger partial charge in [-0.05, 0) is 109 Å². The van der Waals surface area contributed by atoms with Gasteiger partial charge in [0.05, 0.1) is 6.42 Å². The van der Waals surface area contributed by atoms with Gasteiger partial charge in [-0.2, -0.15) is 0 Å². The molecule has 0 aliphatic heterocycles. The molecule has 4 fully saturated rings. The maximum Gasteiger partial charge on any atom is 0.307 e. The highest BCUT2D eigenvalue weighted by molar-refractivity contribution is 6.00. The molecular weight excluding hydrogens is 472 g/mol. The van der Waals surface area contributed by atoms with E-state index in [1.807, 2.05) is 0 Å². The minimum absolute atomic E-state index is 0.0395. The molecule has 5 aliphatic rings. The quantitative estimate of drug-likeness (QED) is 0.273. The van der Waals surface area contributed by atoms with Gasteiger partial charge in [-0.1, -0.05) is 61.0 Å². The van der Waals surface area contributed by atoms with Gasteiger partial charge in [-0.15, -0.1) is 0 Å². The Bertz CT molecular complexity index is 1040. The first kappa shape index (κ1) is 28.1. The second kappa shape index (κ2) is 9.30. The maximum atomic E-state index is 13.2. The van der Waals surface area contributed by atoms with E-state index in [0.29, 0.717) is 46.7 Å². The van der Waals surface area contributed by atoms with Gasteiger partial charge in [0.2, 0.25) is 0 Å². The van der Waals surface area contributed by atoms with E-state index in [4.69, 9.17) is 4.74 Å². The van der Waals surface area contributed by atoms with Gasteiger partial charge in [0.15, 0.2) is 5.78 Å². The van der Waals surface area contributed by atoms with Gasteiger partial charge in [0.1, 0.15) is 12.4 Å². The van der Waals surface area contributed by atoms with Crippen LogP contribution in [0.2, 0.25) is 0 Å². The third-order valence-corrected chi connectivity index (χ3v) is 12.7. The van der Waals surface area contributed by atoms with Crippen molar-refractivity contribution in [2.45, 2.75) is 126 Å². The van der Waals surface area contributed by atoms with E-state index in [9.17, 15) is 14.4 Å². The number of Topliss-reactive ketones (excluding diaryl/α,β-unsaturated/α-hetero) is 1. The molecular formula is C34H52O4. The van der Waals surface area contributed by atoms with Gasteiger partial charge in [-0.3, -0.25) is 9.59 Å². The first-order valence-corrected chi connectivity index (χ1v) is 15.6. The minimum atomic E-state index is -0.667. The van der Waals surface area contributed by atoms with E-state index in [-0.39, 0.29) is 29.3 Å². The van der Waals surface area contributed by atoms with Crippen LogP contribution in [-0.2, 0) is 19.1 Å². The third kappa shape index (κ3) is 4.17. The molecule has 38 heavy (non-hydrogen) atoms.